The van der Waals surface area contributed by atoms with Gasteiger partial charge in [0.25, 0.3) is 0 Å². The summed E-state index contributed by atoms with van der Waals surface area (Å²) in [5, 5.41) is 2.60. The van der Waals surface area contributed by atoms with Crippen molar-refractivity contribution in [3.05, 3.63) is 174 Å². The van der Waals surface area contributed by atoms with Crippen molar-refractivity contribution < 1.29 is 0 Å². The van der Waals surface area contributed by atoms with Crippen LogP contribution in [0.25, 0.3) is 73.6 Å². The Morgan fingerprint density at radius 2 is 1.29 bits per heavy atom. The fraction of sp³-hybridized carbons (Fsp3) is 0.125. The van der Waals surface area contributed by atoms with Crippen LogP contribution < -0.4 is 0 Å². The van der Waals surface area contributed by atoms with E-state index in [0.29, 0.717) is 0 Å². The Hall–Kier alpha value is -5.66. The normalized spacial score (nSPS) is 12.5. The van der Waals surface area contributed by atoms with E-state index in [1.165, 1.54) is 72.1 Å². The fourth-order valence-corrected chi connectivity index (χ4v) is 6.86. The van der Waals surface area contributed by atoms with Gasteiger partial charge in [-0.1, -0.05) is 140 Å². The van der Waals surface area contributed by atoms with Crippen molar-refractivity contribution in [1.82, 2.24) is 4.98 Å². The number of fused-ring (bicyclic) bond motifs is 2. The Bertz CT molecular complexity index is 2200. The molecule has 49 heavy (non-hydrogen) atoms. The first-order valence-electron chi connectivity index (χ1n) is 17.3. The van der Waals surface area contributed by atoms with Gasteiger partial charge in [0.15, 0.2) is 0 Å². The van der Waals surface area contributed by atoms with Gasteiger partial charge in [0.05, 0.1) is 0 Å². The average Bonchev–Trinajstić information content (AvgIpc) is 3.59. The molecule has 1 aliphatic carbocycles. The van der Waals surface area contributed by atoms with E-state index in [4.69, 9.17) is 0 Å². The smallest absolute Gasteiger partial charge is 0.0455 e. The van der Waals surface area contributed by atoms with E-state index >= 15 is 0 Å². The van der Waals surface area contributed by atoms with Gasteiger partial charge in [0, 0.05) is 11.4 Å². The quantitative estimate of drug-likeness (QED) is 0.168. The Kier molecular flexibility index (Phi) is 10.5. The van der Waals surface area contributed by atoms with Crippen LogP contribution >= 0.6 is 0 Å². The van der Waals surface area contributed by atoms with Gasteiger partial charge >= 0.3 is 0 Å². The van der Waals surface area contributed by atoms with Gasteiger partial charge in [-0.3, -0.25) is 0 Å². The number of benzene rings is 5. The Balaban J connectivity index is 0.000000639. The topological polar surface area (TPSA) is 15.8 Å². The molecular formula is C48H45N. The summed E-state index contributed by atoms with van der Waals surface area (Å²) in [5.74, 6) is 0. The van der Waals surface area contributed by atoms with E-state index in [2.05, 4.69) is 153 Å². The van der Waals surface area contributed by atoms with E-state index in [0.717, 1.165) is 24.1 Å². The molecule has 6 aromatic rings. The van der Waals surface area contributed by atoms with Crippen molar-refractivity contribution in [3.63, 3.8) is 0 Å². The van der Waals surface area contributed by atoms with E-state index in [-0.39, 0.29) is 0 Å². The van der Waals surface area contributed by atoms with Crippen LogP contribution in [0, 0.1) is 6.92 Å². The predicted molar refractivity (Wildman–Crippen MR) is 217 cm³/mol. The molecule has 0 saturated carbocycles. The molecule has 0 fully saturated rings. The summed E-state index contributed by atoms with van der Waals surface area (Å²) < 4.78 is 0. The van der Waals surface area contributed by atoms with Gasteiger partial charge in [-0.15, -0.1) is 0 Å². The second-order valence-corrected chi connectivity index (χ2v) is 12.4. The summed E-state index contributed by atoms with van der Waals surface area (Å²) in [4.78, 5) is 3.45. The van der Waals surface area contributed by atoms with Crippen LogP contribution in [-0.2, 0) is 6.42 Å². The Labute approximate surface area is 292 Å². The van der Waals surface area contributed by atoms with Gasteiger partial charge in [0.2, 0.25) is 0 Å². The highest BCUT2D eigenvalue weighted by Gasteiger charge is 2.22. The molecule has 0 bridgehead atoms. The van der Waals surface area contributed by atoms with Gasteiger partial charge in [0.1, 0.15) is 0 Å². The molecule has 7 rings (SSSR count). The maximum atomic E-state index is 4.04. The molecule has 0 saturated heterocycles. The molecule has 1 nitrogen and oxygen atoms in total. The minimum Gasteiger partial charge on any atom is -0.359 e. The summed E-state index contributed by atoms with van der Waals surface area (Å²) in [6.45, 7) is 12.2. The van der Waals surface area contributed by atoms with Crippen molar-refractivity contribution in [2.24, 2.45) is 0 Å². The van der Waals surface area contributed by atoms with Gasteiger partial charge in [-0.05, 0) is 137 Å². The van der Waals surface area contributed by atoms with Gasteiger partial charge < -0.3 is 4.98 Å². The first-order chi connectivity index (χ1) is 24.1. The second kappa shape index (κ2) is 15.5. The summed E-state index contributed by atoms with van der Waals surface area (Å²) in [5.41, 5.74) is 16.3. The number of aryl methyl sites for hydroxylation is 1. The minimum absolute atomic E-state index is 1.03. The molecule has 0 radical (unpaired) electrons. The number of nitrogens with one attached hydrogen (secondary N) is 1. The first-order valence-corrected chi connectivity index (χ1v) is 17.3. The zero-order chi connectivity index (χ0) is 34.2. The van der Waals surface area contributed by atoms with Crippen LogP contribution in [0.15, 0.2) is 146 Å². The van der Waals surface area contributed by atoms with Crippen molar-refractivity contribution in [3.8, 4) is 44.6 Å². The van der Waals surface area contributed by atoms with Crippen LogP contribution in [0.4, 0.5) is 0 Å². The lowest BCUT2D eigenvalue weighted by Crippen LogP contribution is -2.03. The Morgan fingerprint density at radius 1 is 0.612 bits per heavy atom. The SMILES string of the molecule is C/C=C\C=C/C.C=Cc1ccc(-c2c3c(c(-c4cccc(-c5ccc(-c6ccc(C)[nH]6)cc5)c4)c4ccccc24)CCC=C3)cc1/C=C\C. The molecule has 1 N–H and O–H groups in total. The monoisotopic (exact) mass is 635 g/mol. The molecule has 0 aliphatic heterocycles. The lowest BCUT2D eigenvalue weighted by molar-refractivity contribution is 0.991. The lowest BCUT2D eigenvalue weighted by atomic mass is 9.79. The van der Waals surface area contributed by atoms with Crippen LogP contribution in [0.5, 0.6) is 0 Å². The molecule has 0 atom stereocenters. The predicted octanol–water partition coefficient (Wildman–Crippen LogP) is 13.9. The van der Waals surface area contributed by atoms with Crippen LogP contribution in [0.2, 0.25) is 0 Å². The summed E-state index contributed by atoms with van der Waals surface area (Å²) in [6, 6.07) is 38.0. The molecule has 242 valence electrons. The highest BCUT2D eigenvalue weighted by Crippen LogP contribution is 2.45. The molecular weight excluding hydrogens is 591 g/mol. The van der Waals surface area contributed by atoms with Crippen LogP contribution in [0.3, 0.4) is 0 Å². The molecule has 0 spiro atoms. The molecule has 1 heteroatoms. The lowest BCUT2D eigenvalue weighted by Gasteiger charge is -2.24. The van der Waals surface area contributed by atoms with Crippen molar-refractivity contribution in [2.75, 3.05) is 0 Å². The summed E-state index contributed by atoms with van der Waals surface area (Å²) in [7, 11) is 0. The zero-order valence-corrected chi connectivity index (χ0v) is 29.1. The summed E-state index contributed by atoms with van der Waals surface area (Å²) in [6.07, 6.45) is 21.0. The highest BCUT2D eigenvalue weighted by atomic mass is 14.7. The number of aromatic nitrogens is 1. The van der Waals surface area contributed by atoms with Crippen molar-refractivity contribution >= 4 is 29.0 Å². The summed E-state index contributed by atoms with van der Waals surface area (Å²) >= 11 is 0. The van der Waals surface area contributed by atoms with Crippen molar-refractivity contribution in [2.45, 2.75) is 40.5 Å². The van der Waals surface area contributed by atoms with Crippen LogP contribution in [-0.4, -0.2) is 4.98 Å². The number of H-pyrrole nitrogens is 1. The Morgan fingerprint density at radius 3 is 1.96 bits per heavy atom. The third kappa shape index (κ3) is 7.12. The number of allylic oxidation sites excluding steroid dienone is 6. The fourth-order valence-electron chi connectivity index (χ4n) is 6.86. The van der Waals surface area contributed by atoms with Crippen LogP contribution in [0.1, 0.15) is 55.1 Å². The van der Waals surface area contributed by atoms with E-state index in [1.807, 2.05) is 44.2 Å². The molecule has 1 aliphatic rings. The molecule has 0 amide bonds. The molecule has 1 heterocycles. The third-order valence-electron chi connectivity index (χ3n) is 9.16. The zero-order valence-electron chi connectivity index (χ0n) is 29.1. The number of aromatic amines is 1. The maximum Gasteiger partial charge on any atom is 0.0455 e. The third-order valence-corrected chi connectivity index (χ3v) is 9.16. The standard InChI is InChI=1S/C42H35N.C6H10/c1-4-11-32-26-35(24-19-29(32)5-2)42-38-16-8-6-14-36(38)41(37-15-7-9-17-39(37)42)34-13-10-12-33(27-34)30-20-22-31(23-21-30)40-25-18-28(3)43-40;1-3-5-6-4-2/h4-6,8-14,16-27,43H,2,7,15H2,1,3H3;3-6H,1-2H3/b11-4-;5-3-,6-4-. The first kappa shape index (κ1) is 33.2. The number of rotatable bonds is 7. The minimum atomic E-state index is 1.03. The molecule has 1 aromatic heterocycles. The molecule has 0 unspecified atom stereocenters. The van der Waals surface area contributed by atoms with Crippen molar-refractivity contribution in [1.29, 1.82) is 0 Å². The number of hydrogen-bond acceptors (Lipinski definition) is 0. The maximum absolute atomic E-state index is 4.04. The van der Waals surface area contributed by atoms with E-state index in [1.54, 1.807) is 0 Å². The van der Waals surface area contributed by atoms with E-state index in [9.17, 15) is 0 Å². The van der Waals surface area contributed by atoms with Gasteiger partial charge in [-0.25, -0.2) is 0 Å². The largest absolute Gasteiger partial charge is 0.359 e. The average molecular weight is 636 g/mol. The van der Waals surface area contributed by atoms with Gasteiger partial charge in [-0.2, -0.15) is 0 Å². The second-order valence-electron chi connectivity index (χ2n) is 12.4. The molecule has 5 aromatic carbocycles. The number of hydrogen-bond donors (Lipinski definition) is 1. The van der Waals surface area contributed by atoms with E-state index < -0.39 is 0 Å². The highest BCUT2D eigenvalue weighted by molar-refractivity contribution is 6.10.